The minimum Gasteiger partial charge on any atom is -0.497 e. The molecule has 3 rings (SSSR count). The molecule has 2 aromatic carbocycles. The second kappa shape index (κ2) is 10.1. The SMILES string of the molecule is COc1ccc(C(Cc2ccccc2OCCN2CCOCC2)C(=O)O)cc1. The van der Waals surface area contributed by atoms with E-state index >= 15 is 0 Å². The monoisotopic (exact) mass is 385 g/mol. The van der Waals surface area contributed by atoms with E-state index in [0.29, 0.717) is 18.8 Å². The molecule has 6 nitrogen and oxygen atoms in total. The second-order valence-electron chi connectivity index (χ2n) is 6.78. The molecule has 150 valence electrons. The fraction of sp³-hybridized carbons (Fsp3) is 0.409. The van der Waals surface area contributed by atoms with Gasteiger partial charge in [-0.1, -0.05) is 30.3 Å². The first kappa shape index (κ1) is 20.2. The van der Waals surface area contributed by atoms with Gasteiger partial charge in [-0.2, -0.15) is 0 Å². The number of ether oxygens (including phenoxy) is 3. The van der Waals surface area contributed by atoms with Crippen LogP contribution < -0.4 is 9.47 Å². The zero-order chi connectivity index (χ0) is 19.8. The van der Waals surface area contributed by atoms with E-state index in [2.05, 4.69) is 4.90 Å². The lowest BCUT2D eigenvalue weighted by atomic mass is 9.91. The summed E-state index contributed by atoms with van der Waals surface area (Å²) in [5.41, 5.74) is 1.64. The van der Waals surface area contributed by atoms with Gasteiger partial charge in [0.15, 0.2) is 0 Å². The molecule has 1 aliphatic rings. The number of benzene rings is 2. The van der Waals surface area contributed by atoms with Gasteiger partial charge in [0, 0.05) is 19.6 Å². The summed E-state index contributed by atoms with van der Waals surface area (Å²) in [4.78, 5) is 14.2. The Hall–Kier alpha value is -2.57. The van der Waals surface area contributed by atoms with Gasteiger partial charge in [-0.15, -0.1) is 0 Å². The van der Waals surface area contributed by atoms with Crippen LogP contribution in [0.4, 0.5) is 0 Å². The van der Waals surface area contributed by atoms with Gasteiger partial charge < -0.3 is 19.3 Å². The maximum atomic E-state index is 11.9. The fourth-order valence-corrected chi connectivity index (χ4v) is 3.33. The molecule has 1 saturated heterocycles. The molecule has 0 aromatic heterocycles. The predicted octanol–water partition coefficient (Wildman–Crippen LogP) is 2.82. The largest absolute Gasteiger partial charge is 0.497 e. The van der Waals surface area contributed by atoms with Crippen molar-refractivity contribution >= 4 is 5.97 Å². The minimum absolute atomic E-state index is 0.370. The molecule has 0 bridgehead atoms. The predicted molar refractivity (Wildman–Crippen MR) is 106 cm³/mol. The average molecular weight is 385 g/mol. The van der Waals surface area contributed by atoms with E-state index in [1.54, 1.807) is 31.4 Å². The summed E-state index contributed by atoms with van der Waals surface area (Å²) >= 11 is 0. The lowest BCUT2D eigenvalue weighted by molar-refractivity contribution is -0.138. The number of carboxylic acid groups (broad SMARTS) is 1. The topological polar surface area (TPSA) is 68.2 Å². The van der Waals surface area contributed by atoms with Crippen molar-refractivity contribution in [1.82, 2.24) is 4.90 Å². The van der Waals surface area contributed by atoms with E-state index < -0.39 is 11.9 Å². The van der Waals surface area contributed by atoms with Crippen molar-refractivity contribution in [3.8, 4) is 11.5 Å². The van der Waals surface area contributed by atoms with Gasteiger partial charge in [0.2, 0.25) is 0 Å². The zero-order valence-electron chi connectivity index (χ0n) is 16.2. The van der Waals surface area contributed by atoms with Crippen LogP contribution in [0.25, 0.3) is 0 Å². The molecule has 1 unspecified atom stereocenters. The van der Waals surface area contributed by atoms with Crippen molar-refractivity contribution in [3.05, 3.63) is 59.7 Å². The highest BCUT2D eigenvalue weighted by Gasteiger charge is 2.22. The molecule has 0 saturated carbocycles. The van der Waals surface area contributed by atoms with Crippen molar-refractivity contribution in [2.75, 3.05) is 46.6 Å². The number of methoxy groups -OCH3 is 1. The Bertz CT molecular complexity index is 756. The van der Waals surface area contributed by atoms with Crippen LogP contribution in [0, 0.1) is 0 Å². The first-order valence-electron chi connectivity index (χ1n) is 9.55. The molecule has 1 atom stereocenters. The van der Waals surface area contributed by atoms with Crippen LogP contribution in [0.3, 0.4) is 0 Å². The summed E-state index contributed by atoms with van der Waals surface area (Å²) < 4.78 is 16.5. The van der Waals surface area contributed by atoms with Crippen molar-refractivity contribution in [1.29, 1.82) is 0 Å². The van der Waals surface area contributed by atoms with Crippen LogP contribution in [0.1, 0.15) is 17.0 Å². The molecule has 2 aromatic rings. The lowest BCUT2D eigenvalue weighted by Gasteiger charge is -2.26. The normalized spacial score (nSPS) is 15.8. The first-order valence-corrected chi connectivity index (χ1v) is 9.55. The zero-order valence-corrected chi connectivity index (χ0v) is 16.2. The number of morpholine rings is 1. The Morgan fingerprint density at radius 1 is 1.14 bits per heavy atom. The van der Waals surface area contributed by atoms with Gasteiger partial charge in [-0.05, 0) is 35.7 Å². The van der Waals surface area contributed by atoms with Gasteiger partial charge in [0.05, 0.1) is 26.2 Å². The van der Waals surface area contributed by atoms with Gasteiger partial charge in [-0.3, -0.25) is 9.69 Å². The van der Waals surface area contributed by atoms with E-state index in [4.69, 9.17) is 14.2 Å². The summed E-state index contributed by atoms with van der Waals surface area (Å²) in [7, 11) is 1.59. The lowest BCUT2D eigenvalue weighted by Crippen LogP contribution is -2.38. The van der Waals surface area contributed by atoms with Crippen molar-refractivity contribution in [2.45, 2.75) is 12.3 Å². The minimum atomic E-state index is -0.853. The molecule has 1 aliphatic heterocycles. The Morgan fingerprint density at radius 3 is 2.54 bits per heavy atom. The van der Waals surface area contributed by atoms with E-state index in [9.17, 15) is 9.90 Å². The van der Waals surface area contributed by atoms with Gasteiger partial charge in [0.25, 0.3) is 0 Å². The third kappa shape index (κ3) is 5.47. The molecular formula is C22H27NO5. The summed E-state index contributed by atoms with van der Waals surface area (Å²) in [6, 6.07) is 14.9. The molecule has 0 amide bonds. The Balaban J connectivity index is 1.66. The maximum absolute atomic E-state index is 11.9. The maximum Gasteiger partial charge on any atom is 0.311 e. The number of rotatable bonds is 9. The van der Waals surface area contributed by atoms with Crippen LogP contribution >= 0.6 is 0 Å². The second-order valence-corrected chi connectivity index (χ2v) is 6.78. The molecule has 0 aliphatic carbocycles. The summed E-state index contributed by atoms with van der Waals surface area (Å²) in [6.07, 6.45) is 0.370. The average Bonchev–Trinajstić information content (AvgIpc) is 2.73. The Kier molecular flexibility index (Phi) is 7.28. The number of para-hydroxylation sites is 1. The van der Waals surface area contributed by atoms with Crippen LogP contribution in [-0.4, -0.2) is 62.5 Å². The standard InChI is InChI=1S/C22H27NO5/c1-26-19-8-6-17(7-9-19)20(22(24)25)16-18-4-2-3-5-21(18)28-15-12-23-10-13-27-14-11-23/h2-9,20H,10-16H2,1H3,(H,24,25). The number of carbonyl (C=O) groups is 1. The number of hydrogen-bond acceptors (Lipinski definition) is 5. The third-order valence-corrected chi connectivity index (χ3v) is 4.98. The molecule has 6 heteroatoms. The van der Waals surface area contributed by atoms with Crippen LogP contribution in [0.5, 0.6) is 11.5 Å². The third-order valence-electron chi connectivity index (χ3n) is 4.98. The molecule has 0 radical (unpaired) electrons. The number of carboxylic acids is 1. The van der Waals surface area contributed by atoms with Crippen LogP contribution in [0.2, 0.25) is 0 Å². The Labute approximate surface area is 165 Å². The van der Waals surface area contributed by atoms with Crippen LogP contribution in [-0.2, 0) is 16.0 Å². The van der Waals surface area contributed by atoms with Gasteiger partial charge in [-0.25, -0.2) is 0 Å². The quantitative estimate of drug-likeness (QED) is 0.716. The van der Waals surface area contributed by atoms with Crippen molar-refractivity contribution < 1.29 is 24.1 Å². The van der Waals surface area contributed by atoms with Gasteiger partial charge in [0.1, 0.15) is 18.1 Å². The van der Waals surface area contributed by atoms with Crippen LogP contribution in [0.15, 0.2) is 48.5 Å². The smallest absolute Gasteiger partial charge is 0.311 e. The molecule has 0 spiro atoms. The summed E-state index contributed by atoms with van der Waals surface area (Å²) in [5, 5.41) is 9.76. The fourth-order valence-electron chi connectivity index (χ4n) is 3.33. The highest BCUT2D eigenvalue weighted by atomic mass is 16.5. The van der Waals surface area contributed by atoms with E-state index in [1.165, 1.54) is 0 Å². The summed E-state index contributed by atoms with van der Waals surface area (Å²) in [6.45, 7) is 4.76. The first-order chi connectivity index (χ1) is 13.7. The molecular weight excluding hydrogens is 358 g/mol. The highest BCUT2D eigenvalue weighted by molar-refractivity contribution is 5.76. The Morgan fingerprint density at radius 2 is 1.86 bits per heavy atom. The molecule has 1 heterocycles. The molecule has 1 N–H and O–H groups in total. The number of nitrogens with zero attached hydrogens (tertiary/aromatic N) is 1. The number of hydrogen-bond donors (Lipinski definition) is 1. The van der Waals surface area contributed by atoms with Crippen molar-refractivity contribution in [3.63, 3.8) is 0 Å². The molecule has 1 fully saturated rings. The van der Waals surface area contributed by atoms with E-state index in [0.717, 1.165) is 49.7 Å². The summed E-state index contributed by atoms with van der Waals surface area (Å²) in [5.74, 6) is -0.0431. The van der Waals surface area contributed by atoms with Gasteiger partial charge >= 0.3 is 5.97 Å². The van der Waals surface area contributed by atoms with Crippen molar-refractivity contribution in [2.24, 2.45) is 0 Å². The molecule has 28 heavy (non-hydrogen) atoms. The van der Waals surface area contributed by atoms with E-state index in [1.807, 2.05) is 24.3 Å². The number of aliphatic carboxylic acids is 1. The van der Waals surface area contributed by atoms with E-state index in [-0.39, 0.29) is 0 Å². The highest BCUT2D eigenvalue weighted by Crippen LogP contribution is 2.28.